The molecule has 4 rings (SSSR count). The van der Waals surface area contributed by atoms with Gasteiger partial charge in [0.1, 0.15) is 5.75 Å². The van der Waals surface area contributed by atoms with Crippen LogP contribution in [0.4, 0.5) is 5.69 Å². The van der Waals surface area contributed by atoms with E-state index in [4.69, 9.17) is 4.74 Å². The topological polar surface area (TPSA) is 92.8 Å². The fourth-order valence-electron chi connectivity index (χ4n) is 4.51. The SMILES string of the molecule is COc1ccc(S(=O)(=O)N[C@H]2C[C@H]3CC[C@H]2C3)cc1N1C(=O)CCC1=O. The van der Waals surface area contributed by atoms with E-state index >= 15 is 0 Å². The zero-order valence-corrected chi connectivity index (χ0v) is 15.4. The summed E-state index contributed by atoms with van der Waals surface area (Å²) < 4.78 is 33.8. The van der Waals surface area contributed by atoms with Gasteiger partial charge in [-0.05, 0) is 49.3 Å². The van der Waals surface area contributed by atoms with Crippen LogP contribution >= 0.6 is 0 Å². The Morgan fingerprint density at radius 3 is 2.42 bits per heavy atom. The number of anilines is 1. The molecule has 2 saturated carbocycles. The average molecular weight is 378 g/mol. The van der Waals surface area contributed by atoms with E-state index in [0.29, 0.717) is 17.6 Å². The summed E-state index contributed by atoms with van der Waals surface area (Å²) in [7, 11) is -2.31. The molecule has 0 aromatic heterocycles. The second-order valence-electron chi connectivity index (χ2n) is 7.36. The van der Waals surface area contributed by atoms with Gasteiger partial charge in [-0.15, -0.1) is 0 Å². The van der Waals surface area contributed by atoms with E-state index in [1.54, 1.807) is 0 Å². The zero-order valence-electron chi connectivity index (χ0n) is 14.6. The van der Waals surface area contributed by atoms with Crippen LogP contribution in [0.3, 0.4) is 0 Å². The van der Waals surface area contributed by atoms with Crippen LogP contribution in [-0.2, 0) is 19.6 Å². The maximum atomic E-state index is 12.9. The third-order valence-electron chi connectivity index (χ3n) is 5.80. The Morgan fingerprint density at radius 2 is 1.85 bits per heavy atom. The summed E-state index contributed by atoms with van der Waals surface area (Å²) in [6.07, 6.45) is 4.50. The van der Waals surface area contributed by atoms with Crippen LogP contribution in [-0.4, -0.2) is 33.4 Å². The Labute approximate surface area is 152 Å². The number of carbonyl (C=O) groups is 2. The number of rotatable bonds is 5. The van der Waals surface area contributed by atoms with E-state index in [-0.39, 0.29) is 41.3 Å². The van der Waals surface area contributed by atoms with Crippen molar-refractivity contribution in [1.29, 1.82) is 0 Å². The fourth-order valence-corrected chi connectivity index (χ4v) is 5.85. The van der Waals surface area contributed by atoms with Crippen molar-refractivity contribution < 1.29 is 22.7 Å². The Hall–Kier alpha value is -1.93. The number of hydrogen-bond donors (Lipinski definition) is 1. The normalized spacial score (nSPS) is 28.2. The van der Waals surface area contributed by atoms with E-state index in [9.17, 15) is 18.0 Å². The molecule has 7 nitrogen and oxygen atoms in total. The van der Waals surface area contributed by atoms with E-state index in [0.717, 1.165) is 24.2 Å². The van der Waals surface area contributed by atoms with Gasteiger partial charge in [0.2, 0.25) is 21.8 Å². The third-order valence-corrected chi connectivity index (χ3v) is 7.29. The second kappa shape index (κ2) is 6.35. The maximum Gasteiger partial charge on any atom is 0.240 e. The number of nitrogens with zero attached hydrogens (tertiary/aromatic N) is 1. The van der Waals surface area contributed by atoms with Gasteiger partial charge < -0.3 is 4.74 Å². The van der Waals surface area contributed by atoms with Crippen molar-refractivity contribution >= 4 is 27.5 Å². The lowest BCUT2D eigenvalue weighted by atomic mass is 9.96. The van der Waals surface area contributed by atoms with Crippen LogP contribution in [0.1, 0.15) is 38.5 Å². The highest BCUT2D eigenvalue weighted by atomic mass is 32.2. The molecule has 1 heterocycles. The molecule has 3 fully saturated rings. The first kappa shape index (κ1) is 17.5. The molecule has 2 bridgehead atoms. The van der Waals surface area contributed by atoms with Crippen LogP contribution in [0.2, 0.25) is 0 Å². The van der Waals surface area contributed by atoms with Crippen molar-refractivity contribution in [3.8, 4) is 5.75 Å². The smallest absolute Gasteiger partial charge is 0.240 e. The van der Waals surface area contributed by atoms with Gasteiger partial charge in [-0.2, -0.15) is 0 Å². The van der Waals surface area contributed by atoms with Crippen molar-refractivity contribution in [3.05, 3.63) is 18.2 Å². The van der Waals surface area contributed by atoms with Gasteiger partial charge in [0.25, 0.3) is 0 Å². The van der Waals surface area contributed by atoms with Crippen LogP contribution in [0, 0.1) is 11.8 Å². The number of nitrogens with one attached hydrogen (secondary N) is 1. The molecule has 3 aliphatic rings. The maximum absolute atomic E-state index is 12.9. The van der Waals surface area contributed by atoms with E-state index in [1.807, 2.05) is 0 Å². The molecule has 1 aliphatic heterocycles. The van der Waals surface area contributed by atoms with Crippen LogP contribution in [0.25, 0.3) is 0 Å². The number of imide groups is 1. The molecular weight excluding hydrogens is 356 g/mol. The summed E-state index contributed by atoms with van der Waals surface area (Å²) in [4.78, 5) is 25.2. The summed E-state index contributed by atoms with van der Waals surface area (Å²) >= 11 is 0. The molecule has 8 heteroatoms. The minimum atomic E-state index is -3.73. The summed E-state index contributed by atoms with van der Waals surface area (Å²) in [5.41, 5.74) is 0.191. The van der Waals surface area contributed by atoms with E-state index in [2.05, 4.69) is 4.72 Å². The van der Waals surface area contributed by atoms with Gasteiger partial charge in [0.15, 0.2) is 0 Å². The molecule has 3 atom stereocenters. The Balaban J connectivity index is 1.65. The molecule has 0 spiro atoms. The summed E-state index contributed by atoms with van der Waals surface area (Å²) in [6, 6.07) is 4.27. The molecule has 2 aliphatic carbocycles. The largest absolute Gasteiger partial charge is 0.495 e. The number of hydrogen-bond acceptors (Lipinski definition) is 5. The standard InChI is InChI=1S/C18H22N2O5S/c1-25-16-5-4-13(10-15(16)20-17(21)6-7-18(20)22)26(23,24)19-14-9-11-2-3-12(14)8-11/h4-5,10-12,14,19H,2-3,6-9H2,1H3/t11-,12-,14-/m0/s1. The van der Waals surface area contributed by atoms with Crippen molar-refractivity contribution in [2.75, 3.05) is 12.0 Å². The minimum absolute atomic E-state index is 0.0284. The first-order valence-electron chi connectivity index (χ1n) is 8.95. The first-order valence-corrected chi connectivity index (χ1v) is 10.4. The molecule has 2 amide bonds. The molecular formula is C18H22N2O5S. The monoisotopic (exact) mass is 378 g/mol. The lowest BCUT2D eigenvalue weighted by Gasteiger charge is -2.23. The Kier molecular flexibility index (Phi) is 4.27. The van der Waals surface area contributed by atoms with Gasteiger partial charge in [-0.1, -0.05) is 6.42 Å². The van der Waals surface area contributed by atoms with E-state index in [1.165, 1.54) is 31.7 Å². The van der Waals surface area contributed by atoms with Crippen LogP contribution in [0.5, 0.6) is 5.75 Å². The number of carbonyl (C=O) groups excluding carboxylic acids is 2. The van der Waals surface area contributed by atoms with Crippen LogP contribution < -0.4 is 14.4 Å². The molecule has 0 unspecified atom stereocenters. The summed E-state index contributed by atoms with van der Waals surface area (Å²) in [5.74, 6) is 0.647. The van der Waals surface area contributed by atoms with Gasteiger partial charge in [0.05, 0.1) is 17.7 Å². The summed E-state index contributed by atoms with van der Waals surface area (Å²) in [5, 5.41) is 0. The Bertz CT molecular complexity index is 850. The predicted octanol–water partition coefficient (Wildman–Crippen LogP) is 1.82. The zero-order chi connectivity index (χ0) is 18.5. The fraction of sp³-hybridized carbons (Fsp3) is 0.556. The highest BCUT2D eigenvalue weighted by molar-refractivity contribution is 7.89. The molecule has 1 saturated heterocycles. The molecule has 140 valence electrons. The Morgan fingerprint density at radius 1 is 1.12 bits per heavy atom. The van der Waals surface area contributed by atoms with E-state index < -0.39 is 10.0 Å². The minimum Gasteiger partial charge on any atom is -0.495 e. The third kappa shape index (κ3) is 2.91. The molecule has 1 aromatic rings. The molecule has 0 radical (unpaired) electrons. The second-order valence-corrected chi connectivity index (χ2v) is 9.07. The highest BCUT2D eigenvalue weighted by Crippen LogP contribution is 2.45. The predicted molar refractivity (Wildman–Crippen MR) is 94.3 cm³/mol. The van der Waals surface area contributed by atoms with Gasteiger partial charge in [-0.3, -0.25) is 9.59 Å². The average Bonchev–Trinajstić information content (AvgIpc) is 3.30. The quantitative estimate of drug-likeness (QED) is 0.789. The lowest BCUT2D eigenvalue weighted by Crippen LogP contribution is -2.38. The first-order chi connectivity index (χ1) is 12.4. The van der Waals surface area contributed by atoms with Gasteiger partial charge >= 0.3 is 0 Å². The molecule has 1 N–H and O–H groups in total. The van der Waals surface area contributed by atoms with Crippen LogP contribution in [0.15, 0.2) is 23.1 Å². The molecule has 26 heavy (non-hydrogen) atoms. The number of amides is 2. The van der Waals surface area contributed by atoms with Gasteiger partial charge in [-0.25, -0.2) is 18.0 Å². The molecule has 1 aromatic carbocycles. The summed E-state index contributed by atoms with van der Waals surface area (Å²) in [6.45, 7) is 0. The van der Waals surface area contributed by atoms with Gasteiger partial charge in [0, 0.05) is 18.9 Å². The van der Waals surface area contributed by atoms with Crippen molar-refractivity contribution in [3.63, 3.8) is 0 Å². The number of ether oxygens (including phenoxy) is 1. The highest BCUT2D eigenvalue weighted by Gasteiger charge is 2.41. The lowest BCUT2D eigenvalue weighted by molar-refractivity contribution is -0.121. The van der Waals surface area contributed by atoms with Crippen molar-refractivity contribution in [2.45, 2.75) is 49.5 Å². The number of sulfonamides is 1. The number of methoxy groups -OCH3 is 1. The number of benzene rings is 1. The van der Waals surface area contributed by atoms with Crippen molar-refractivity contribution in [1.82, 2.24) is 4.72 Å². The van der Waals surface area contributed by atoms with Crippen molar-refractivity contribution in [2.24, 2.45) is 11.8 Å². The number of fused-ring (bicyclic) bond motifs is 2.